The zero-order valence-electron chi connectivity index (χ0n) is 10.6. The molecule has 0 aliphatic carbocycles. The molecule has 1 N–H and O–H groups in total. The van der Waals surface area contributed by atoms with Crippen LogP contribution in [-0.4, -0.2) is 12.5 Å². The van der Waals surface area contributed by atoms with Crippen LogP contribution in [0.3, 0.4) is 0 Å². The normalized spacial score (nSPS) is 10.1. The Hall–Kier alpha value is -1.71. The largest absolute Gasteiger partial charge is 0.482 e. The van der Waals surface area contributed by atoms with Crippen LogP contribution in [0.15, 0.2) is 48.5 Å². The first kappa shape index (κ1) is 14.7. The van der Waals surface area contributed by atoms with Crippen molar-refractivity contribution in [3.8, 4) is 5.75 Å². The van der Waals surface area contributed by atoms with Crippen LogP contribution in [0.1, 0.15) is 5.56 Å². The number of halogens is 2. The van der Waals surface area contributed by atoms with Crippen molar-refractivity contribution in [2.24, 2.45) is 0 Å². The Kier molecular flexibility index (Phi) is 5.27. The molecule has 20 heavy (non-hydrogen) atoms. The highest BCUT2D eigenvalue weighted by molar-refractivity contribution is 6.34. The summed E-state index contributed by atoms with van der Waals surface area (Å²) in [5, 5.41) is 3.69. The Balaban J connectivity index is 1.82. The van der Waals surface area contributed by atoms with Gasteiger partial charge in [0.2, 0.25) is 0 Å². The lowest BCUT2D eigenvalue weighted by molar-refractivity contribution is -0.123. The Labute approximate surface area is 127 Å². The number of hydrogen-bond donors (Lipinski definition) is 1. The van der Waals surface area contributed by atoms with Crippen molar-refractivity contribution in [2.75, 3.05) is 6.61 Å². The van der Waals surface area contributed by atoms with Gasteiger partial charge in [-0.25, -0.2) is 0 Å². The van der Waals surface area contributed by atoms with E-state index in [0.717, 1.165) is 5.56 Å². The van der Waals surface area contributed by atoms with E-state index in [0.29, 0.717) is 22.3 Å². The Bertz CT molecular complexity index is 588. The second-order valence-corrected chi connectivity index (χ2v) is 4.97. The van der Waals surface area contributed by atoms with Gasteiger partial charge in [0.1, 0.15) is 5.75 Å². The highest BCUT2D eigenvalue weighted by Gasteiger charge is 2.06. The van der Waals surface area contributed by atoms with Gasteiger partial charge in [-0.3, -0.25) is 4.79 Å². The lowest BCUT2D eigenvalue weighted by Gasteiger charge is -2.09. The molecule has 0 spiro atoms. The minimum Gasteiger partial charge on any atom is -0.482 e. The van der Waals surface area contributed by atoms with E-state index in [9.17, 15) is 4.79 Å². The van der Waals surface area contributed by atoms with E-state index in [1.165, 1.54) is 0 Å². The summed E-state index contributed by atoms with van der Waals surface area (Å²) in [5.41, 5.74) is 1.03. The topological polar surface area (TPSA) is 38.3 Å². The van der Waals surface area contributed by atoms with Crippen molar-refractivity contribution in [1.82, 2.24) is 5.32 Å². The van der Waals surface area contributed by atoms with Gasteiger partial charge in [0.25, 0.3) is 5.91 Å². The van der Waals surface area contributed by atoms with Crippen molar-refractivity contribution in [3.63, 3.8) is 0 Å². The van der Waals surface area contributed by atoms with E-state index < -0.39 is 0 Å². The minimum absolute atomic E-state index is 0.104. The second-order valence-electron chi connectivity index (χ2n) is 4.13. The third-order valence-electron chi connectivity index (χ3n) is 2.58. The summed E-state index contributed by atoms with van der Waals surface area (Å²) in [4.78, 5) is 11.7. The summed E-state index contributed by atoms with van der Waals surface area (Å²) in [6.07, 6.45) is 0. The predicted octanol–water partition coefficient (Wildman–Crippen LogP) is 3.69. The number of rotatable bonds is 5. The molecule has 3 nitrogen and oxygen atoms in total. The number of benzene rings is 2. The van der Waals surface area contributed by atoms with Gasteiger partial charge in [-0.2, -0.15) is 0 Å². The molecule has 0 heterocycles. The van der Waals surface area contributed by atoms with Crippen molar-refractivity contribution in [1.29, 1.82) is 0 Å². The fourth-order valence-corrected chi connectivity index (χ4v) is 1.91. The van der Waals surface area contributed by atoms with Crippen LogP contribution in [0.25, 0.3) is 0 Å². The summed E-state index contributed by atoms with van der Waals surface area (Å²) in [6, 6.07) is 14.5. The molecule has 0 fully saturated rings. The highest BCUT2D eigenvalue weighted by Crippen LogP contribution is 2.27. The molecule has 0 aromatic heterocycles. The number of hydrogen-bond acceptors (Lipinski definition) is 2. The first-order valence-corrected chi connectivity index (χ1v) is 6.79. The van der Waals surface area contributed by atoms with Gasteiger partial charge < -0.3 is 10.1 Å². The number of nitrogens with one attached hydrogen (secondary N) is 1. The van der Waals surface area contributed by atoms with Gasteiger partial charge in [-0.05, 0) is 17.7 Å². The van der Waals surface area contributed by atoms with Crippen LogP contribution in [0, 0.1) is 0 Å². The van der Waals surface area contributed by atoms with Gasteiger partial charge >= 0.3 is 0 Å². The maximum atomic E-state index is 11.7. The van der Waals surface area contributed by atoms with Crippen molar-refractivity contribution < 1.29 is 9.53 Å². The molecule has 104 valence electrons. The molecule has 5 heteroatoms. The standard InChI is InChI=1S/C15H13Cl2NO2/c16-12-6-7-13(17)14(8-12)20-10-15(19)18-9-11-4-2-1-3-5-11/h1-8H,9-10H2,(H,18,19). The molecule has 0 aliphatic heterocycles. The molecule has 2 rings (SSSR count). The lowest BCUT2D eigenvalue weighted by Crippen LogP contribution is -2.28. The van der Waals surface area contributed by atoms with Gasteiger partial charge in [-0.1, -0.05) is 53.5 Å². The molecular weight excluding hydrogens is 297 g/mol. The third-order valence-corrected chi connectivity index (χ3v) is 3.13. The zero-order chi connectivity index (χ0) is 14.4. The summed E-state index contributed by atoms with van der Waals surface area (Å²) in [5.74, 6) is 0.180. The van der Waals surface area contributed by atoms with Gasteiger partial charge in [-0.15, -0.1) is 0 Å². The third kappa shape index (κ3) is 4.44. The molecule has 0 atom stereocenters. The molecular formula is C15H13Cl2NO2. The van der Waals surface area contributed by atoms with Crippen LogP contribution < -0.4 is 10.1 Å². The van der Waals surface area contributed by atoms with Crippen LogP contribution in [0.2, 0.25) is 10.0 Å². The molecule has 0 unspecified atom stereocenters. The summed E-state index contributed by atoms with van der Waals surface area (Å²) in [6.45, 7) is 0.360. The lowest BCUT2D eigenvalue weighted by atomic mass is 10.2. The van der Waals surface area contributed by atoms with Crippen LogP contribution in [0.4, 0.5) is 0 Å². The highest BCUT2D eigenvalue weighted by atomic mass is 35.5. The van der Waals surface area contributed by atoms with Crippen LogP contribution in [0.5, 0.6) is 5.75 Å². The SMILES string of the molecule is O=C(COc1cc(Cl)ccc1Cl)NCc1ccccc1. The van der Waals surface area contributed by atoms with Gasteiger partial charge in [0.15, 0.2) is 6.61 Å². The average molecular weight is 310 g/mol. The second kappa shape index (κ2) is 7.17. The Morgan fingerprint density at radius 2 is 1.85 bits per heavy atom. The summed E-state index contributed by atoms with van der Waals surface area (Å²) < 4.78 is 5.34. The molecule has 0 radical (unpaired) electrons. The number of carbonyl (C=O) groups excluding carboxylic acids is 1. The quantitative estimate of drug-likeness (QED) is 0.914. The predicted molar refractivity (Wildman–Crippen MR) is 80.2 cm³/mol. The van der Waals surface area contributed by atoms with E-state index in [1.54, 1.807) is 18.2 Å². The van der Waals surface area contributed by atoms with Crippen molar-refractivity contribution >= 4 is 29.1 Å². The zero-order valence-corrected chi connectivity index (χ0v) is 12.1. The summed E-state index contributed by atoms with van der Waals surface area (Å²) >= 11 is 11.8. The number of amides is 1. The summed E-state index contributed by atoms with van der Waals surface area (Å²) in [7, 11) is 0. The fraction of sp³-hybridized carbons (Fsp3) is 0.133. The maximum Gasteiger partial charge on any atom is 0.258 e. The number of carbonyl (C=O) groups is 1. The molecule has 2 aromatic rings. The number of ether oxygens (including phenoxy) is 1. The monoisotopic (exact) mass is 309 g/mol. The minimum atomic E-state index is -0.218. The molecule has 0 aliphatic rings. The molecule has 0 bridgehead atoms. The van der Waals surface area contributed by atoms with E-state index in [4.69, 9.17) is 27.9 Å². The van der Waals surface area contributed by atoms with E-state index in [2.05, 4.69) is 5.32 Å². The molecule has 0 saturated carbocycles. The first-order valence-electron chi connectivity index (χ1n) is 6.03. The van der Waals surface area contributed by atoms with Gasteiger partial charge in [0.05, 0.1) is 5.02 Å². The Morgan fingerprint density at radius 1 is 1.10 bits per heavy atom. The van der Waals surface area contributed by atoms with Gasteiger partial charge in [0, 0.05) is 17.6 Å². The molecule has 1 amide bonds. The van der Waals surface area contributed by atoms with E-state index in [1.807, 2.05) is 30.3 Å². The smallest absolute Gasteiger partial charge is 0.258 e. The van der Waals surface area contributed by atoms with Crippen LogP contribution >= 0.6 is 23.2 Å². The van der Waals surface area contributed by atoms with Crippen molar-refractivity contribution in [3.05, 3.63) is 64.1 Å². The van der Waals surface area contributed by atoms with E-state index >= 15 is 0 Å². The molecule has 2 aromatic carbocycles. The average Bonchev–Trinajstić information content (AvgIpc) is 2.47. The van der Waals surface area contributed by atoms with Crippen LogP contribution in [-0.2, 0) is 11.3 Å². The molecule has 0 saturated heterocycles. The van der Waals surface area contributed by atoms with E-state index in [-0.39, 0.29) is 12.5 Å². The fourth-order valence-electron chi connectivity index (χ4n) is 1.58. The van der Waals surface area contributed by atoms with Crippen molar-refractivity contribution in [2.45, 2.75) is 6.54 Å². The maximum absolute atomic E-state index is 11.7. The first-order chi connectivity index (χ1) is 9.65. The Morgan fingerprint density at radius 3 is 2.60 bits per heavy atom.